The maximum Gasteiger partial charge on any atom is 0.415 e. The van der Waals surface area contributed by atoms with Gasteiger partial charge in [-0.1, -0.05) is 18.2 Å². The van der Waals surface area contributed by atoms with Gasteiger partial charge in [-0.25, -0.2) is 14.8 Å². The van der Waals surface area contributed by atoms with Crippen LogP contribution < -0.4 is 14.8 Å². The van der Waals surface area contributed by atoms with E-state index >= 15 is 8.78 Å². The normalized spacial score (nSPS) is 20.7. The number of methoxy groups -OCH3 is 1. The highest BCUT2D eigenvalue weighted by Gasteiger charge is 2.44. The molecule has 2 aliphatic heterocycles. The minimum Gasteiger partial charge on any atom is -0.493 e. The average Bonchev–Trinajstić information content (AvgIpc) is 3.49. The van der Waals surface area contributed by atoms with Crippen molar-refractivity contribution in [1.29, 1.82) is 0 Å². The predicted molar refractivity (Wildman–Crippen MR) is 152 cm³/mol. The highest BCUT2D eigenvalue weighted by atomic mass is 19.3. The molecule has 0 saturated carbocycles. The van der Waals surface area contributed by atoms with Gasteiger partial charge in [0.15, 0.2) is 11.5 Å². The Kier molecular flexibility index (Phi) is 8.28. The van der Waals surface area contributed by atoms with E-state index in [1.807, 2.05) is 20.9 Å². The number of nitrogens with zero attached hydrogens (tertiary/aromatic N) is 4. The fourth-order valence-corrected chi connectivity index (χ4v) is 5.52. The van der Waals surface area contributed by atoms with Crippen LogP contribution in [0, 0.1) is 6.92 Å². The zero-order valence-corrected chi connectivity index (χ0v) is 24.1. The Morgan fingerprint density at radius 3 is 2.71 bits per heavy atom. The summed E-state index contributed by atoms with van der Waals surface area (Å²) in [5, 5.41) is 3.97. The molecular formula is C30H37F2N5O4. The molecule has 5 rings (SSSR count). The molecule has 3 atom stereocenters. The molecule has 11 heteroatoms. The Balaban J connectivity index is 1.43. The first-order valence-corrected chi connectivity index (χ1v) is 14.0. The van der Waals surface area contributed by atoms with Gasteiger partial charge in [0.1, 0.15) is 17.7 Å². The van der Waals surface area contributed by atoms with Gasteiger partial charge in [0.05, 0.1) is 12.6 Å². The number of rotatable bonds is 7. The van der Waals surface area contributed by atoms with Crippen LogP contribution >= 0.6 is 0 Å². The number of carbonyl (C=O) groups excluding carboxylic acids is 1. The molecule has 1 aromatic heterocycles. The second-order valence-electron chi connectivity index (χ2n) is 10.9. The number of alkyl halides is 2. The van der Waals surface area contributed by atoms with Crippen LogP contribution in [0.25, 0.3) is 10.9 Å². The van der Waals surface area contributed by atoms with Gasteiger partial charge in [0, 0.05) is 55.3 Å². The van der Waals surface area contributed by atoms with Crippen LogP contribution in [0.1, 0.15) is 49.7 Å². The van der Waals surface area contributed by atoms with Crippen molar-refractivity contribution in [3.05, 3.63) is 53.3 Å². The van der Waals surface area contributed by atoms with Gasteiger partial charge in [0.25, 0.3) is 5.92 Å². The molecule has 2 aromatic carbocycles. The first-order chi connectivity index (χ1) is 19.6. The summed E-state index contributed by atoms with van der Waals surface area (Å²) in [6.45, 7) is 8.07. The molecule has 2 fully saturated rings. The molecule has 0 aliphatic carbocycles. The summed E-state index contributed by atoms with van der Waals surface area (Å²) in [4.78, 5) is 26.1. The van der Waals surface area contributed by atoms with Crippen molar-refractivity contribution < 1.29 is 27.8 Å². The van der Waals surface area contributed by atoms with Crippen LogP contribution in [0.4, 0.5) is 19.4 Å². The molecule has 3 aromatic rings. The fraction of sp³-hybridized carbons (Fsp3) is 0.500. The number of anilines is 1. The summed E-state index contributed by atoms with van der Waals surface area (Å²) in [7, 11) is 3.53. The van der Waals surface area contributed by atoms with Crippen molar-refractivity contribution in [2.45, 2.75) is 57.7 Å². The molecule has 1 N–H and O–H groups in total. The van der Waals surface area contributed by atoms with Crippen molar-refractivity contribution in [3.8, 4) is 11.5 Å². The molecule has 2 aliphatic rings. The van der Waals surface area contributed by atoms with Gasteiger partial charge >= 0.3 is 6.09 Å². The summed E-state index contributed by atoms with van der Waals surface area (Å²) < 4.78 is 47.0. The van der Waals surface area contributed by atoms with E-state index in [0.717, 1.165) is 13.1 Å². The smallest absolute Gasteiger partial charge is 0.415 e. The molecule has 2 saturated heterocycles. The molecule has 0 bridgehead atoms. The Morgan fingerprint density at radius 2 is 2.00 bits per heavy atom. The van der Waals surface area contributed by atoms with E-state index in [1.54, 1.807) is 36.1 Å². The van der Waals surface area contributed by atoms with Crippen LogP contribution in [0.3, 0.4) is 0 Å². The number of aromatic nitrogens is 2. The predicted octanol–water partition coefficient (Wildman–Crippen LogP) is 5.53. The number of aryl methyl sites for hydroxylation is 1. The van der Waals surface area contributed by atoms with Crippen molar-refractivity contribution in [2.24, 2.45) is 0 Å². The summed E-state index contributed by atoms with van der Waals surface area (Å²) in [6.07, 6.45) is -0.599. The molecule has 3 heterocycles. The second kappa shape index (κ2) is 11.7. The number of ether oxygens (including phenoxy) is 3. The van der Waals surface area contributed by atoms with E-state index in [1.165, 1.54) is 19.2 Å². The maximum absolute atomic E-state index is 15.2. The van der Waals surface area contributed by atoms with E-state index in [0.29, 0.717) is 59.9 Å². The molecule has 220 valence electrons. The van der Waals surface area contributed by atoms with Gasteiger partial charge in [0.2, 0.25) is 0 Å². The number of likely N-dealkylation sites (N-methyl/N-ethyl adjacent to an activating group) is 1. The summed E-state index contributed by atoms with van der Waals surface area (Å²) >= 11 is 0. The fourth-order valence-electron chi connectivity index (χ4n) is 5.52. The Labute approximate surface area is 238 Å². The first kappa shape index (κ1) is 28.9. The summed E-state index contributed by atoms with van der Waals surface area (Å²) in [5.74, 6) is -1.46. The van der Waals surface area contributed by atoms with Crippen LogP contribution in [-0.2, 0) is 10.7 Å². The van der Waals surface area contributed by atoms with Crippen LogP contribution in [0.2, 0.25) is 0 Å². The Morgan fingerprint density at radius 1 is 1.20 bits per heavy atom. The minimum absolute atomic E-state index is 0.000124. The van der Waals surface area contributed by atoms with E-state index in [9.17, 15) is 4.79 Å². The number of fused-ring (bicyclic) bond motifs is 1. The summed E-state index contributed by atoms with van der Waals surface area (Å²) in [5.41, 5.74) is 1.20. The van der Waals surface area contributed by atoms with E-state index in [2.05, 4.69) is 20.2 Å². The number of amides is 1. The number of nitrogens with one attached hydrogen (secondary N) is 1. The first-order valence-electron chi connectivity index (χ1n) is 14.0. The van der Waals surface area contributed by atoms with Gasteiger partial charge in [-0.2, -0.15) is 8.78 Å². The van der Waals surface area contributed by atoms with Crippen molar-refractivity contribution in [2.75, 3.05) is 45.7 Å². The Bertz CT molecular complexity index is 1420. The molecular weight excluding hydrogens is 532 g/mol. The van der Waals surface area contributed by atoms with Gasteiger partial charge in [-0.05, 0) is 58.4 Å². The van der Waals surface area contributed by atoms with Gasteiger partial charge < -0.3 is 29.3 Å². The number of hydrogen-bond donors (Lipinski definition) is 1. The number of benzene rings is 2. The van der Waals surface area contributed by atoms with Gasteiger partial charge in [-0.3, -0.25) is 0 Å². The largest absolute Gasteiger partial charge is 0.493 e. The highest BCUT2D eigenvalue weighted by Crippen LogP contribution is 2.40. The molecule has 0 spiro atoms. The summed E-state index contributed by atoms with van der Waals surface area (Å²) in [6, 6.07) is 9.42. The van der Waals surface area contributed by atoms with Crippen molar-refractivity contribution in [1.82, 2.24) is 19.8 Å². The number of carbonyl (C=O) groups is 1. The van der Waals surface area contributed by atoms with Crippen LogP contribution in [-0.4, -0.2) is 78.4 Å². The van der Waals surface area contributed by atoms with Crippen molar-refractivity contribution >= 4 is 22.8 Å². The van der Waals surface area contributed by atoms with Crippen LogP contribution in [0.15, 0.2) is 36.4 Å². The zero-order valence-electron chi connectivity index (χ0n) is 24.1. The maximum atomic E-state index is 15.2. The van der Waals surface area contributed by atoms with E-state index in [4.69, 9.17) is 14.2 Å². The lowest BCUT2D eigenvalue weighted by molar-refractivity contribution is -0.122. The zero-order chi connectivity index (χ0) is 29.3. The highest BCUT2D eigenvalue weighted by molar-refractivity contribution is 5.92. The second-order valence-corrected chi connectivity index (χ2v) is 10.9. The monoisotopic (exact) mass is 569 g/mol. The lowest BCUT2D eigenvalue weighted by atomic mass is 9.97. The Hall–Kier alpha value is -3.57. The number of piperazine rings is 1. The van der Waals surface area contributed by atoms with Gasteiger partial charge in [-0.15, -0.1) is 0 Å². The standard InChI is InChI=1S/C30H37F2N5O4/c1-18-17-36(4)11-12-37(18)29(38)41-26-15-23-24(16-25(26)39-5)34-20(3)35-28(23)33-19(2)21-8-6-9-22(14-21)30(31,32)27-10-7-13-40-27/h6,8-9,14-16,18-19,27H,7,10-13,17H2,1-5H3,(H,33,34,35)/t18-,19+,27?/m0/s1. The molecule has 41 heavy (non-hydrogen) atoms. The third-order valence-corrected chi connectivity index (χ3v) is 7.81. The molecule has 9 nitrogen and oxygen atoms in total. The number of hydrogen-bond acceptors (Lipinski definition) is 8. The molecule has 1 unspecified atom stereocenters. The third-order valence-electron chi connectivity index (χ3n) is 7.81. The lowest BCUT2D eigenvalue weighted by Gasteiger charge is -2.37. The SMILES string of the molecule is COc1cc2nc(C)nc(N[C@H](C)c3cccc(C(F)(F)C4CCCO4)c3)c2cc1OC(=O)N1CCN(C)C[C@@H]1C. The lowest BCUT2D eigenvalue weighted by Crippen LogP contribution is -2.53. The third kappa shape index (κ3) is 6.06. The van der Waals surface area contributed by atoms with E-state index in [-0.39, 0.29) is 23.4 Å². The average molecular weight is 570 g/mol. The van der Waals surface area contributed by atoms with Crippen molar-refractivity contribution in [3.63, 3.8) is 0 Å². The molecule has 1 amide bonds. The minimum atomic E-state index is -3.08. The van der Waals surface area contributed by atoms with Crippen LogP contribution in [0.5, 0.6) is 11.5 Å². The quantitative estimate of drug-likeness (QED) is 0.398. The molecule has 0 radical (unpaired) electrons. The topological polar surface area (TPSA) is 89.1 Å². The van der Waals surface area contributed by atoms with E-state index < -0.39 is 18.1 Å². The number of halogens is 2.